The van der Waals surface area contributed by atoms with Crippen molar-refractivity contribution in [1.82, 2.24) is 20.4 Å². The summed E-state index contributed by atoms with van der Waals surface area (Å²) < 4.78 is 5.43. The number of hydrogen-bond acceptors (Lipinski definition) is 5. The van der Waals surface area contributed by atoms with Crippen LogP contribution in [-0.4, -0.2) is 67.2 Å². The molecule has 4 rings (SSSR count). The maximum Gasteiger partial charge on any atom is 0.338 e. The van der Waals surface area contributed by atoms with E-state index in [2.05, 4.69) is 27.5 Å². The number of likely N-dealkylation sites (N-methyl/N-ethyl adjacent to an activating group) is 1. The second kappa shape index (κ2) is 9.40. The normalized spacial score (nSPS) is 24.6. The number of urea groups is 1. The second-order valence-electron chi connectivity index (χ2n) is 9.00. The zero-order chi connectivity index (χ0) is 21.8. The smallest absolute Gasteiger partial charge is 0.338 e. The quantitative estimate of drug-likeness (QED) is 0.709. The van der Waals surface area contributed by atoms with E-state index in [-0.39, 0.29) is 17.5 Å². The van der Waals surface area contributed by atoms with Gasteiger partial charge in [0.05, 0.1) is 18.2 Å². The van der Waals surface area contributed by atoms with Crippen LogP contribution in [0.1, 0.15) is 50.6 Å². The topological polar surface area (TPSA) is 73.9 Å². The zero-order valence-corrected chi connectivity index (χ0v) is 18.7. The van der Waals surface area contributed by atoms with E-state index in [4.69, 9.17) is 4.74 Å². The van der Waals surface area contributed by atoms with Crippen molar-refractivity contribution in [2.24, 2.45) is 0 Å². The summed E-state index contributed by atoms with van der Waals surface area (Å²) in [5.74, 6) is -0.370. The van der Waals surface area contributed by atoms with Crippen molar-refractivity contribution < 1.29 is 14.3 Å². The van der Waals surface area contributed by atoms with Gasteiger partial charge in [0, 0.05) is 37.4 Å². The van der Waals surface area contributed by atoms with Gasteiger partial charge in [-0.25, -0.2) is 9.59 Å². The summed E-state index contributed by atoms with van der Waals surface area (Å²) >= 11 is 0. The van der Waals surface area contributed by atoms with Crippen LogP contribution in [0.4, 0.5) is 4.79 Å². The minimum atomic E-state index is -0.515. The van der Waals surface area contributed by atoms with Crippen LogP contribution in [0, 0.1) is 0 Å². The van der Waals surface area contributed by atoms with E-state index >= 15 is 0 Å². The van der Waals surface area contributed by atoms with Crippen LogP contribution in [0.5, 0.6) is 0 Å². The van der Waals surface area contributed by atoms with Gasteiger partial charge < -0.3 is 20.3 Å². The monoisotopic (exact) mass is 426 g/mol. The Morgan fingerprint density at radius 3 is 2.61 bits per heavy atom. The largest absolute Gasteiger partial charge is 0.463 e. The van der Waals surface area contributed by atoms with Crippen molar-refractivity contribution in [2.45, 2.75) is 50.6 Å². The predicted octanol–water partition coefficient (Wildman–Crippen LogP) is 2.81. The molecule has 2 aliphatic heterocycles. The number of nitrogens with one attached hydrogen (secondary N) is 2. The summed E-state index contributed by atoms with van der Waals surface area (Å²) in [7, 11) is 2.19. The maximum absolute atomic E-state index is 13.1. The third-order valence-electron chi connectivity index (χ3n) is 6.90. The molecule has 0 bridgehead atoms. The Kier molecular flexibility index (Phi) is 6.62. The molecule has 2 N–H and O–H groups in total. The van der Waals surface area contributed by atoms with Gasteiger partial charge in [-0.1, -0.05) is 49.6 Å². The highest BCUT2D eigenvalue weighted by Crippen LogP contribution is 2.37. The summed E-state index contributed by atoms with van der Waals surface area (Å²) in [6.07, 6.45) is 6.07. The minimum absolute atomic E-state index is 0.107. The van der Waals surface area contributed by atoms with Gasteiger partial charge in [0.2, 0.25) is 0 Å². The Hall–Kier alpha value is -2.38. The van der Waals surface area contributed by atoms with Crippen LogP contribution in [0.3, 0.4) is 0 Å². The minimum Gasteiger partial charge on any atom is -0.463 e. The second-order valence-corrected chi connectivity index (χ2v) is 9.00. The molecule has 0 radical (unpaired) electrons. The Morgan fingerprint density at radius 1 is 1.16 bits per heavy atom. The fourth-order valence-electron chi connectivity index (χ4n) is 5.42. The molecule has 7 heteroatoms. The summed E-state index contributed by atoms with van der Waals surface area (Å²) in [5.41, 5.74) is 2.17. The highest BCUT2D eigenvalue weighted by atomic mass is 16.5. The van der Waals surface area contributed by atoms with Crippen molar-refractivity contribution in [3.63, 3.8) is 0 Å². The summed E-state index contributed by atoms with van der Waals surface area (Å²) in [4.78, 5) is 30.6. The molecule has 1 saturated carbocycles. The Labute approximate surface area is 184 Å². The number of carbonyl (C=O) groups is 2. The first kappa shape index (κ1) is 21.8. The molecule has 1 aromatic carbocycles. The van der Waals surface area contributed by atoms with Gasteiger partial charge in [-0.2, -0.15) is 0 Å². The molecule has 1 aromatic rings. The SMILES string of the molecule is CCOC(=O)C1=C(CN2CCN(C)CC23CCCCC3)NC(=O)NC1c1ccccc1. The fourth-order valence-corrected chi connectivity index (χ4v) is 5.42. The van der Waals surface area contributed by atoms with E-state index in [1.54, 1.807) is 0 Å². The van der Waals surface area contributed by atoms with Crippen molar-refractivity contribution in [3.05, 3.63) is 47.2 Å². The van der Waals surface area contributed by atoms with Crippen LogP contribution in [0.15, 0.2) is 41.6 Å². The Morgan fingerprint density at radius 2 is 1.90 bits per heavy atom. The molecule has 1 atom stereocenters. The lowest BCUT2D eigenvalue weighted by molar-refractivity contribution is -0.139. The lowest BCUT2D eigenvalue weighted by Crippen LogP contribution is -2.63. The lowest BCUT2D eigenvalue weighted by atomic mass is 9.78. The summed E-state index contributed by atoms with van der Waals surface area (Å²) in [5, 5.41) is 5.89. The molecule has 1 aliphatic carbocycles. The van der Waals surface area contributed by atoms with Crippen LogP contribution in [0.2, 0.25) is 0 Å². The number of piperazine rings is 1. The molecule has 1 unspecified atom stereocenters. The maximum atomic E-state index is 13.1. The first-order chi connectivity index (χ1) is 15.0. The van der Waals surface area contributed by atoms with Crippen LogP contribution < -0.4 is 10.6 Å². The fraction of sp³-hybridized carbons (Fsp3) is 0.583. The van der Waals surface area contributed by atoms with Gasteiger partial charge in [0.1, 0.15) is 0 Å². The number of benzene rings is 1. The van der Waals surface area contributed by atoms with Crippen LogP contribution in [0.25, 0.3) is 0 Å². The highest BCUT2D eigenvalue weighted by molar-refractivity contribution is 5.95. The van der Waals surface area contributed by atoms with E-state index < -0.39 is 6.04 Å². The number of amides is 2. The van der Waals surface area contributed by atoms with Gasteiger partial charge in [-0.05, 0) is 32.4 Å². The molecule has 2 amide bonds. The van der Waals surface area contributed by atoms with E-state index in [1.165, 1.54) is 19.3 Å². The third kappa shape index (κ3) is 4.62. The molecular weight excluding hydrogens is 392 g/mol. The van der Waals surface area contributed by atoms with Crippen LogP contribution >= 0.6 is 0 Å². The molecular formula is C24H34N4O3. The van der Waals surface area contributed by atoms with Crippen LogP contribution in [-0.2, 0) is 9.53 Å². The standard InChI is InChI=1S/C24H34N4O3/c1-3-31-22(29)20-19(25-23(30)26-21(20)18-10-6-4-7-11-18)16-28-15-14-27(2)17-24(28)12-8-5-9-13-24/h4,6-7,10-11,21H,3,5,8-9,12-17H2,1-2H3,(H2,25,26,30). The van der Waals surface area contributed by atoms with Crippen molar-refractivity contribution >= 4 is 12.0 Å². The average molecular weight is 427 g/mol. The average Bonchev–Trinajstić information content (AvgIpc) is 2.77. The van der Waals surface area contributed by atoms with Crippen molar-refractivity contribution in [2.75, 3.05) is 39.8 Å². The highest BCUT2D eigenvalue weighted by Gasteiger charge is 2.43. The lowest BCUT2D eigenvalue weighted by Gasteiger charge is -2.52. The van der Waals surface area contributed by atoms with Crippen molar-refractivity contribution in [1.29, 1.82) is 0 Å². The van der Waals surface area contributed by atoms with Crippen molar-refractivity contribution in [3.8, 4) is 0 Å². The number of hydrogen-bond donors (Lipinski definition) is 2. The van der Waals surface area contributed by atoms with Gasteiger partial charge >= 0.3 is 12.0 Å². The molecule has 3 aliphatic rings. The number of rotatable bonds is 5. The Balaban J connectivity index is 1.71. The first-order valence-corrected chi connectivity index (χ1v) is 11.5. The summed E-state index contributed by atoms with van der Waals surface area (Å²) in [6.45, 7) is 5.60. The van der Waals surface area contributed by atoms with E-state index in [1.807, 2.05) is 37.3 Å². The zero-order valence-electron chi connectivity index (χ0n) is 18.7. The molecule has 31 heavy (non-hydrogen) atoms. The molecule has 2 fully saturated rings. The summed E-state index contributed by atoms with van der Waals surface area (Å²) in [6, 6.07) is 8.85. The number of esters is 1. The predicted molar refractivity (Wildman–Crippen MR) is 119 cm³/mol. The van der Waals surface area contributed by atoms with Gasteiger partial charge in [-0.15, -0.1) is 0 Å². The molecule has 2 heterocycles. The third-order valence-corrected chi connectivity index (χ3v) is 6.90. The number of nitrogens with zero attached hydrogens (tertiary/aromatic N) is 2. The molecule has 1 saturated heterocycles. The molecule has 7 nitrogen and oxygen atoms in total. The molecule has 1 spiro atoms. The van der Waals surface area contributed by atoms with Gasteiger partial charge in [0.15, 0.2) is 0 Å². The molecule has 168 valence electrons. The number of carbonyl (C=O) groups excluding carboxylic acids is 2. The molecule has 0 aromatic heterocycles. The van der Waals surface area contributed by atoms with E-state index in [0.717, 1.165) is 38.0 Å². The van der Waals surface area contributed by atoms with Gasteiger partial charge in [-0.3, -0.25) is 4.90 Å². The first-order valence-electron chi connectivity index (χ1n) is 11.5. The van der Waals surface area contributed by atoms with E-state index in [9.17, 15) is 9.59 Å². The van der Waals surface area contributed by atoms with E-state index in [0.29, 0.717) is 24.4 Å². The van der Waals surface area contributed by atoms with Gasteiger partial charge in [0.25, 0.3) is 0 Å². The Bertz CT molecular complexity index is 832. The number of ether oxygens (including phenoxy) is 1.